The maximum absolute atomic E-state index is 13.9. The van der Waals surface area contributed by atoms with Crippen LogP contribution in [-0.2, 0) is 21.3 Å². The molecule has 1 aliphatic heterocycles. The van der Waals surface area contributed by atoms with Gasteiger partial charge in [-0.2, -0.15) is 5.26 Å². The van der Waals surface area contributed by atoms with Crippen LogP contribution in [0, 0.1) is 11.3 Å². The Morgan fingerprint density at radius 2 is 2.00 bits per heavy atom. The van der Waals surface area contributed by atoms with E-state index in [9.17, 15) is 32.5 Å². The molecule has 1 aromatic heterocycles. The lowest BCUT2D eigenvalue weighted by molar-refractivity contribution is -0.115. The van der Waals surface area contributed by atoms with Crippen LogP contribution in [0.4, 0.5) is 19.7 Å². The number of hydrogen-bond acceptors (Lipinski definition) is 7. The molecule has 0 saturated heterocycles. The number of anilines is 1. The van der Waals surface area contributed by atoms with Crippen LogP contribution in [0.2, 0.25) is 0 Å². The van der Waals surface area contributed by atoms with Crippen molar-refractivity contribution in [1.82, 2.24) is 15.2 Å². The van der Waals surface area contributed by atoms with E-state index in [1.165, 1.54) is 30.6 Å². The van der Waals surface area contributed by atoms with Crippen LogP contribution in [0.25, 0.3) is 0 Å². The predicted molar refractivity (Wildman–Crippen MR) is 126 cm³/mol. The lowest BCUT2D eigenvalue weighted by Gasteiger charge is -2.41. The third-order valence-electron chi connectivity index (χ3n) is 5.98. The number of Topliss-reactive ketones (excluding diaryl/α,β-unsaturated/α-hetero) is 1. The lowest BCUT2D eigenvalue weighted by atomic mass is 9.92. The number of amides is 4. The van der Waals surface area contributed by atoms with E-state index in [1.54, 1.807) is 6.92 Å². The summed E-state index contributed by atoms with van der Waals surface area (Å²) >= 11 is 0. The van der Waals surface area contributed by atoms with Gasteiger partial charge >= 0.3 is 12.1 Å². The van der Waals surface area contributed by atoms with E-state index in [1.807, 2.05) is 6.07 Å². The van der Waals surface area contributed by atoms with Gasteiger partial charge in [0.15, 0.2) is 15.6 Å². The summed E-state index contributed by atoms with van der Waals surface area (Å²) in [5.41, 5.74) is 0.833. The third kappa shape index (κ3) is 4.22. The molecule has 0 radical (unpaired) electrons. The van der Waals surface area contributed by atoms with Crippen LogP contribution in [-0.4, -0.2) is 48.9 Å². The molecule has 1 N–H and O–H groups in total. The number of alkyl halides is 1. The second kappa shape index (κ2) is 9.50. The van der Waals surface area contributed by atoms with Crippen molar-refractivity contribution in [2.75, 3.05) is 17.7 Å². The highest BCUT2D eigenvalue weighted by Gasteiger charge is 2.49. The first-order chi connectivity index (χ1) is 17.1. The largest absolute Gasteiger partial charge is 0.338 e. The molecule has 2 heterocycles. The standard InChI is InChI=1S/C24H22FN5O5S/c1-3-28-23(32)30-22(17-5-4-14(11-26)9-20(17)36(2,34)35)21-18(6-7-19(21)31)29(24(30)33)16-8-15(10-25)12-27-13-16/h4-5,8-9,12-13,22H,3,6-7,10H2,1-2H3,(H,28,32). The van der Waals surface area contributed by atoms with E-state index >= 15 is 0 Å². The van der Waals surface area contributed by atoms with Gasteiger partial charge in [-0.05, 0) is 37.1 Å². The summed E-state index contributed by atoms with van der Waals surface area (Å²) < 4.78 is 38.8. The highest BCUT2D eigenvalue weighted by atomic mass is 32.2. The SMILES string of the molecule is CCNC(=O)N1C(=O)N(c2cncc(CF)c2)C2=C(C(=O)CC2)C1c1ccc(C#N)cc1S(C)(=O)=O. The van der Waals surface area contributed by atoms with E-state index in [0.717, 1.165) is 22.1 Å². The molecule has 2 aliphatic rings. The number of carbonyl (C=O) groups excluding carboxylic acids is 3. The number of nitrogens with one attached hydrogen (secondary N) is 1. The van der Waals surface area contributed by atoms with Crippen molar-refractivity contribution in [2.45, 2.75) is 37.4 Å². The number of urea groups is 2. The van der Waals surface area contributed by atoms with Crippen molar-refractivity contribution < 1.29 is 27.2 Å². The second-order valence-corrected chi connectivity index (χ2v) is 10.3. The van der Waals surface area contributed by atoms with E-state index in [4.69, 9.17) is 0 Å². The maximum Gasteiger partial charge on any atom is 0.337 e. The molecule has 0 spiro atoms. The van der Waals surface area contributed by atoms with Gasteiger partial charge in [-0.1, -0.05) is 6.07 Å². The fraction of sp³-hybridized carbons (Fsp3) is 0.292. The van der Waals surface area contributed by atoms with Crippen LogP contribution in [0.15, 0.2) is 52.8 Å². The molecule has 10 nitrogen and oxygen atoms in total. The summed E-state index contributed by atoms with van der Waals surface area (Å²) in [6, 6.07) is 4.11. The van der Waals surface area contributed by atoms with E-state index in [2.05, 4.69) is 10.3 Å². The number of carbonyl (C=O) groups is 3. The zero-order valence-corrected chi connectivity index (χ0v) is 20.3. The summed E-state index contributed by atoms with van der Waals surface area (Å²) in [5, 5.41) is 11.8. The van der Waals surface area contributed by atoms with E-state index in [-0.39, 0.29) is 63.7 Å². The number of imide groups is 1. The Kier molecular flexibility index (Phi) is 6.60. The molecular weight excluding hydrogens is 489 g/mol. The molecule has 4 rings (SSSR count). The number of aromatic nitrogens is 1. The first-order valence-electron chi connectivity index (χ1n) is 11.0. The number of pyridine rings is 1. The molecular formula is C24H22FN5O5S. The van der Waals surface area contributed by atoms with Gasteiger partial charge in [-0.3, -0.25) is 14.7 Å². The van der Waals surface area contributed by atoms with Crippen molar-refractivity contribution >= 4 is 33.4 Å². The molecule has 1 atom stereocenters. The third-order valence-corrected chi connectivity index (χ3v) is 7.13. The second-order valence-electron chi connectivity index (χ2n) is 8.33. The Balaban J connectivity index is 2.03. The highest BCUT2D eigenvalue weighted by Crippen LogP contribution is 2.46. The van der Waals surface area contributed by atoms with Crippen LogP contribution in [0.5, 0.6) is 0 Å². The first-order valence-corrected chi connectivity index (χ1v) is 12.9. The Morgan fingerprint density at radius 3 is 2.64 bits per heavy atom. The van der Waals surface area contributed by atoms with Crippen LogP contribution in [0.1, 0.15) is 42.5 Å². The minimum atomic E-state index is -3.94. The summed E-state index contributed by atoms with van der Waals surface area (Å²) in [6.45, 7) is 0.961. The molecule has 4 amide bonds. The summed E-state index contributed by atoms with van der Waals surface area (Å²) in [4.78, 5) is 45.9. The highest BCUT2D eigenvalue weighted by molar-refractivity contribution is 7.90. The minimum Gasteiger partial charge on any atom is -0.338 e. The van der Waals surface area contributed by atoms with E-state index in [0.29, 0.717) is 0 Å². The van der Waals surface area contributed by atoms with Crippen molar-refractivity contribution in [3.8, 4) is 6.07 Å². The van der Waals surface area contributed by atoms with Gasteiger partial charge in [0.05, 0.1) is 28.4 Å². The van der Waals surface area contributed by atoms with Crippen molar-refractivity contribution in [2.24, 2.45) is 0 Å². The van der Waals surface area contributed by atoms with Crippen molar-refractivity contribution in [3.63, 3.8) is 0 Å². The number of allylic oxidation sites excluding steroid dienone is 1. The monoisotopic (exact) mass is 511 g/mol. The number of nitrogens with zero attached hydrogens (tertiary/aromatic N) is 4. The van der Waals surface area contributed by atoms with Crippen LogP contribution in [0.3, 0.4) is 0 Å². The van der Waals surface area contributed by atoms with Gasteiger partial charge in [-0.25, -0.2) is 27.3 Å². The molecule has 1 unspecified atom stereocenters. The Labute approximate surface area is 206 Å². The topological polar surface area (TPSA) is 141 Å². The Morgan fingerprint density at radius 1 is 1.25 bits per heavy atom. The number of rotatable bonds is 5. The van der Waals surface area contributed by atoms with Crippen LogP contribution < -0.4 is 10.2 Å². The Hall–Kier alpha value is -4.11. The average Bonchev–Trinajstić information content (AvgIpc) is 3.23. The number of benzene rings is 1. The zero-order chi connectivity index (χ0) is 26.2. The molecule has 2 aromatic rings. The number of ketones is 1. The molecule has 12 heteroatoms. The van der Waals surface area contributed by atoms with Gasteiger partial charge in [0.25, 0.3) is 0 Å². The van der Waals surface area contributed by atoms with Crippen LogP contribution >= 0.6 is 0 Å². The number of nitriles is 1. The summed E-state index contributed by atoms with van der Waals surface area (Å²) in [6.07, 6.45) is 3.76. The average molecular weight is 512 g/mol. The van der Waals surface area contributed by atoms with Gasteiger partial charge in [-0.15, -0.1) is 0 Å². The van der Waals surface area contributed by atoms with Crippen molar-refractivity contribution in [1.29, 1.82) is 5.26 Å². The maximum atomic E-state index is 13.9. The van der Waals surface area contributed by atoms with Gasteiger partial charge in [0.2, 0.25) is 0 Å². The Bertz CT molecular complexity index is 1460. The first kappa shape index (κ1) is 25.0. The summed E-state index contributed by atoms with van der Waals surface area (Å²) in [7, 11) is -3.94. The molecule has 186 valence electrons. The van der Waals surface area contributed by atoms with E-state index < -0.39 is 34.6 Å². The fourth-order valence-corrected chi connectivity index (χ4v) is 5.44. The molecule has 1 aliphatic carbocycles. The number of halogens is 1. The summed E-state index contributed by atoms with van der Waals surface area (Å²) in [5.74, 6) is -0.361. The number of hydrogen-bond donors (Lipinski definition) is 1. The molecule has 0 bridgehead atoms. The normalized spacial score (nSPS) is 17.8. The van der Waals surface area contributed by atoms with Gasteiger partial charge < -0.3 is 5.32 Å². The molecule has 36 heavy (non-hydrogen) atoms. The fourth-order valence-electron chi connectivity index (χ4n) is 4.49. The molecule has 0 saturated carbocycles. The predicted octanol–water partition coefficient (Wildman–Crippen LogP) is 3.16. The quantitative estimate of drug-likeness (QED) is 0.650. The lowest BCUT2D eigenvalue weighted by Crippen LogP contribution is -2.55. The molecule has 0 fully saturated rings. The van der Waals surface area contributed by atoms with Crippen molar-refractivity contribution in [3.05, 3.63) is 64.6 Å². The minimum absolute atomic E-state index is 0.0223. The van der Waals surface area contributed by atoms with Gasteiger partial charge in [0.1, 0.15) is 12.7 Å². The zero-order valence-electron chi connectivity index (χ0n) is 19.5. The molecule has 1 aromatic carbocycles. The smallest absolute Gasteiger partial charge is 0.337 e. The number of sulfone groups is 1. The van der Waals surface area contributed by atoms with Gasteiger partial charge in [0, 0.05) is 42.3 Å².